The molecule has 9 rings (SSSR count). The summed E-state index contributed by atoms with van der Waals surface area (Å²) in [6.45, 7) is 4.37. The van der Waals surface area contributed by atoms with Gasteiger partial charge >= 0.3 is 6.03 Å². The Labute approximate surface area is 339 Å². The minimum Gasteiger partial charge on any atom is -0.490 e. The number of halogens is 1. The molecule has 4 amide bonds. The summed E-state index contributed by atoms with van der Waals surface area (Å²) in [5.74, 6) is -0.366. The molecule has 1 saturated heterocycles. The van der Waals surface area contributed by atoms with E-state index in [1.807, 2.05) is 79.7 Å². The molecule has 0 bridgehead atoms. The Morgan fingerprint density at radius 3 is 2.05 bits per heavy atom. The Kier molecular flexibility index (Phi) is 9.84. The van der Waals surface area contributed by atoms with E-state index >= 15 is 0 Å². The van der Waals surface area contributed by atoms with Gasteiger partial charge in [-0.25, -0.2) is 9.69 Å². The number of amides is 4. The first kappa shape index (κ1) is 36.4. The predicted octanol–water partition coefficient (Wildman–Crippen LogP) is 10.1. The molecular weight excluding hydrogens is 778 g/mol. The van der Waals surface area contributed by atoms with Gasteiger partial charge in [0, 0.05) is 30.6 Å². The van der Waals surface area contributed by atoms with Crippen molar-refractivity contribution in [3.8, 4) is 11.5 Å². The van der Waals surface area contributed by atoms with Gasteiger partial charge in [-0.1, -0.05) is 103 Å². The first-order valence-electron chi connectivity index (χ1n) is 19.4. The molecular formula is C48H40BrN3O5. The van der Waals surface area contributed by atoms with Crippen molar-refractivity contribution in [2.75, 3.05) is 29.5 Å². The highest BCUT2D eigenvalue weighted by atomic mass is 79.9. The van der Waals surface area contributed by atoms with Crippen molar-refractivity contribution in [3.05, 3.63) is 171 Å². The van der Waals surface area contributed by atoms with Crippen molar-refractivity contribution < 1.29 is 23.9 Å². The van der Waals surface area contributed by atoms with Crippen molar-refractivity contribution in [2.45, 2.75) is 38.2 Å². The number of fused-ring (bicyclic) bond motifs is 1. The number of ether oxygens (including phenoxy) is 2. The van der Waals surface area contributed by atoms with Crippen LogP contribution >= 0.6 is 15.9 Å². The minimum absolute atomic E-state index is 0.0703. The highest BCUT2D eigenvalue weighted by Crippen LogP contribution is 2.50. The number of benzene rings is 6. The number of hydrogen-bond acceptors (Lipinski definition) is 6. The van der Waals surface area contributed by atoms with E-state index in [1.54, 1.807) is 12.1 Å². The SMILES string of the molecule is CCOc1cc(/C=C2\C(=O)NC(=O)N(c3cc4c5c(c3)[C@H](c3ccccc3)CCN5CC[C@H]4c3ccccc3)C2=O)cc(Br)c1OCc1cccc2ccccc12. The Morgan fingerprint density at radius 1 is 0.754 bits per heavy atom. The molecule has 0 spiro atoms. The number of nitrogens with one attached hydrogen (secondary N) is 1. The lowest BCUT2D eigenvalue weighted by Crippen LogP contribution is -2.54. The van der Waals surface area contributed by atoms with Crippen LogP contribution in [0.5, 0.6) is 11.5 Å². The summed E-state index contributed by atoms with van der Waals surface area (Å²) in [4.78, 5) is 45.3. The summed E-state index contributed by atoms with van der Waals surface area (Å²) in [6, 6.07) is 41.8. The Balaban J connectivity index is 1.09. The van der Waals surface area contributed by atoms with Crippen molar-refractivity contribution >= 4 is 62.0 Å². The summed E-state index contributed by atoms with van der Waals surface area (Å²) < 4.78 is 13.0. The number of urea groups is 1. The predicted molar refractivity (Wildman–Crippen MR) is 227 cm³/mol. The second kappa shape index (κ2) is 15.4. The smallest absolute Gasteiger partial charge is 0.335 e. The molecule has 57 heavy (non-hydrogen) atoms. The highest BCUT2D eigenvalue weighted by molar-refractivity contribution is 9.10. The van der Waals surface area contributed by atoms with E-state index in [1.165, 1.54) is 22.9 Å². The number of barbiturate groups is 1. The Hall–Kier alpha value is -6.19. The third kappa shape index (κ3) is 6.86. The summed E-state index contributed by atoms with van der Waals surface area (Å²) in [5.41, 5.74) is 7.52. The fraction of sp³-hybridized carbons (Fsp3) is 0.188. The lowest BCUT2D eigenvalue weighted by atomic mass is 9.76. The molecule has 0 aliphatic carbocycles. The van der Waals surface area contributed by atoms with Gasteiger partial charge < -0.3 is 14.4 Å². The number of hydrogen-bond donors (Lipinski definition) is 1. The van der Waals surface area contributed by atoms with Crippen LogP contribution in [0.4, 0.5) is 16.2 Å². The molecule has 284 valence electrons. The minimum atomic E-state index is -0.779. The van der Waals surface area contributed by atoms with Gasteiger partial charge in [0.1, 0.15) is 12.2 Å². The molecule has 1 fully saturated rings. The normalized spacial score (nSPS) is 18.4. The average Bonchev–Trinajstić information content (AvgIpc) is 3.23. The van der Waals surface area contributed by atoms with Crippen LogP contribution in [-0.4, -0.2) is 37.5 Å². The van der Waals surface area contributed by atoms with Gasteiger partial charge in [0.2, 0.25) is 0 Å². The summed E-state index contributed by atoms with van der Waals surface area (Å²) in [7, 11) is 0. The number of nitrogens with zero attached hydrogens (tertiary/aromatic N) is 2. The molecule has 6 aromatic carbocycles. The third-order valence-corrected chi connectivity index (χ3v) is 11.8. The van der Waals surface area contributed by atoms with Gasteiger partial charge in [-0.3, -0.25) is 14.9 Å². The van der Waals surface area contributed by atoms with Crippen LogP contribution < -0.4 is 24.6 Å². The van der Waals surface area contributed by atoms with E-state index in [0.717, 1.165) is 58.3 Å². The molecule has 0 unspecified atom stereocenters. The van der Waals surface area contributed by atoms with Crippen molar-refractivity contribution in [1.82, 2.24) is 5.32 Å². The number of rotatable bonds is 9. The van der Waals surface area contributed by atoms with Gasteiger partial charge in [0.15, 0.2) is 11.5 Å². The third-order valence-electron chi connectivity index (χ3n) is 11.3. The van der Waals surface area contributed by atoms with E-state index in [-0.39, 0.29) is 17.4 Å². The maximum absolute atomic E-state index is 14.5. The molecule has 3 aliphatic rings. The molecule has 6 aromatic rings. The summed E-state index contributed by atoms with van der Waals surface area (Å²) in [6.07, 6.45) is 3.30. The number of imide groups is 2. The van der Waals surface area contributed by atoms with Crippen LogP contribution in [0.3, 0.4) is 0 Å². The molecule has 0 saturated carbocycles. The number of anilines is 2. The lowest BCUT2D eigenvalue weighted by molar-refractivity contribution is -0.122. The van der Waals surface area contributed by atoms with Gasteiger partial charge in [0.05, 0.1) is 16.8 Å². The maximum Gasteiger partial charge on any atom is 0.335 e. The second-order valence-corrected chi connectivity index (χ2v) is 15.5. The van der Waals surface area contributed by atoms with Gasteiger partial charge in [0.25, 0.3) is 11.8 Å². The van der Waals surface area contributed by atoms with Crippen LogP contribution in [0.2, 0.25) is 0 Å². The van der Waals surface area contributed by atoms with Crippen LogP contribution in [0.1, 0.15) is 65.0 Å². The molecule has 8 nitrogen and oxygen atoms in total. The van der Waals surface area contributed by atoms with Crippen molar-refractivity contribution in [2.24, 2.45) is 0 Å². The first-order valence-corrected chi connectivity index (χ1v) is 20.2. The van der Waals surface area contributed by atoms with E-state index in [2.05, 4.69) is 68.6 Å². The van der Waals surface area contributed by atoms with Crippen molar-refractivity contribution in [3.63, 3.8) is 0 Å². The monoisotopic (exact) mass is 817 g/mol. The molecule has 0 radical (unpaired) electrons. The van der Waals surface area contributed by atoms with Crippen molar-refractivity contribution in [1.29, 1.82) is 0 Å². The quantitative estimate of drug-likeness (QED) is 0.116. The maximum atomic E-state index is 14.5. The largest absolute Gasteiger partial charge is 0.490 e. The van der Waals surface area contributed by atoms with Crippen LogP contribution in [0, 0.1) is 0 Å². The summed E-state index contributed by atoms with van der Waals surface area (Å²) >= 11 is 3.67. The Morgan fingerprint density at radius 2 is 1.39 bits per heavy atom. The molecule has 0 aromatic heterocycles. The van der Waals surface area contributed by atoms with Crippen LogP contribution in [0.15, 0.2) is 137 Å². The Bertz CT molecular complexity index is 2500. The lowest BCUT2D eigenvalue weighted by Gasteiger charge is -2.44. The summed E-state index contributed by atoms with van der Waals surface area (Å²) in [5, 5.41) is 4.68. The van der Waals surface area contributed by atoms with Crippen LogP contribution in [0.25, 0.3) is 16.8 Å². The number of carbonyl (C=O) groups excluding carboxylic acids is 3. The molecule has 2 atom stereocenters. The molecule has 9 heteroatoms. The number of carbonyl (C=O) groups is 3. The standard InChI is InChI=1S/C48H40BrN3O5/c1-2-56-43-26-30(25-42(49)45(43)57-29-34-18-11-17-31-16-9-10-19-36(31)34)24-41-46(53)50-48(55)52(47(41)54)35-27-39-37(32-12-5-3-6-13-32)20-22-51-23-21-38(40(28-35)44(39)51)33-14-7-4-8-15-33/h3-19,24-28,37-38H,2,20-23,29H2,1H3,(H,50,53,55)/b41-24+/t37-,38-/m0/s1. The van der Waals surface area contributed by atoms with Gasteiger partial charge in [-0.05, 0) is 110 Å². The molecule has 1 N–H and O–H groups in total. The van der Waals surface area contributed by atoms with E-state index in [0.29, 0.717) is 40.4 Å². The topological polar surface area (TPSA) is 88.2 Å². The van der Waals surface area contributed by atoms with Crippen LogP contribution in [-0.2, 0) is 16.2 Å². The second-order valence-electron chi connectivity index (χ2n) is 14.6. The van der Waals surface area contributed by atoms with E-state index in [4.69, 9.17) is 9.47 Å². The van der Waals surface area contributed by atoms with Gasteiger partial charge in [-0.15, -0.1) is 0 Å². The zero-order chi connectivity index (χ0) is 39.0. The molecule has 3 aliphatic heterocycles. The fourth-order valence-electron chi connectivity index (χ4n) is 8.67. The van der Waals surface area contributed by atoms with E-state index < -0.39 is 17.8 Å². The zero-order valence-electron chi connectivity index (χ0n) is 31.4. The first-order chi connectivity index (χ1) is 27.9. The van der Waals surface area contributed by atoms with Gasteiger partial charge in [-0.2, -0.15) is 0 Å². The zero-order valence-corrected chi connectivity index (χ0v) is 33.0. The average molecular weight is 819 g/mol. The highest BCUT2D eigenvalue weighted by Gasteiger charge is 2.40. The van der Waals surface area contributed by atoms with E-state index in [9.17, 15) is 14.4 Å². The fourth-order valence-corrected chi connectivity index (χ4v) is 9.24. The molecule has 3 heterocycles.